The molecule has 0 unspecified atom stereocenters. The van der Waals surface area contributed by atoms with Crippen molar-refractivity contribution >= 4 is 23.5 Å². The summed E-state index contributed by atoms with van der Waals surface area (Å²) in [6.45, 7) is 9.11. The summed E-state index contributed by atoms with van der Waals surface area (Å²) in [6.07, 6.45) is 0.588. The van der Waals surface area contributed by atoms with Gasteiger partial charge in [0.2, 0.25) is 0 Å². The number of likely N-dealkylation sites (tertiary alicyclic amines) is 1. The van der Waals surface area contributed by atoms with E-state index in [0.29, 0.717) is 25.0 Å². The molecule has 5 atom stereocenters. The molecule has 0 radical (unpaired) electrons. The minimum atomic E-state index is -1.28. The van der Waals surface area contributed by atoms with E-state index in [1.165, 1.54) is 6.92 Å². The summed E-state index contributed by atoms with van der Waals surface area (Å²) in [5.41, 5.74) is 0.749. The lowest BCUT2D eigenvalue weighted by molar-refractivity contribution is -0.170. The van der Waals surface area contributed by atoms with Gasteiger partial charge in [0.15, 0.2) is 18.0 Å². The lowest BCUT2D eigenvalue weighted by atomic mass is 9.50. The molecule has 0 saturated carbocycles. The zero-order valence-corrected chi connectivity index (χ0v) is 25.3. The van der Waals surface area contributed by atoms with Crippen LogP contribution in [0.3, 0.4) is 0 Å². The number of hydrogen-bond donors (Lipinski definition) is 1. The Balaban J connectivity index is 1.27. The van der Waals surface area contributed by atoms with Gasteiger partial charge in [0.25, 0.3) is 0 Å². The zero-order valence-electron chi connectivity index (χ0n) is 25.3. The summed E-state index contributed by atoms with van der Waals surface area (Å²) >= 11 is 0. The molecular formula is C32H41NO9. The number of rotatable bonds is 10. The minimum absolute atomic E-state index is 0.0961. The second kappa shape index (κ2) is 10.9. The molecule has 228 valence electrons. The van der Waals surface area contributed by atoms with E-state index < -0.39 is 46.5 Å². The third-order valence-electron chi connectivity index (χ3n) is 9.09. The van der Waals surface area contributed by atoms with Crippen LogP contribution < -0.4 is 4.74 Å². The highest BCUT2D eigenvalue weighted by molar-refractivity contribution is 5.91. The molecule has 1 N–H and O–H groups in total. The van der Waals surface area contributed by atoms with Gasteiger partial charge < -0.3 is 29.0 Å². The average Bonchev–Trinajstić information content (AvgIpc) is 3.26. The number of aliphatic hydroxyl groups is 1. The van der Waals surface area contributed by atoms with Gasteiger partial charge in [-0.25, -0.2) is 0 Å². The van der Waals surface area contributed by atoms with Crippen LogP contribution in [0.1, 0.15) is 76.5 Å². The first-order chi connectivity index (χ1) is 19.7. The van der Waals surface area contributed by atoms with Crippen LogP contribution in [0.4, 0.5) is 0 Å². The molecule has 42 heavy (non-hydrogen) atoms. The number of hydrogen-bond acceptors (Lipinski definition) is 10. The van der Waals surface area contributed by atoms with Gasteiger partial charge in [-0.3, -0.25) is 19.2 Å². The van der Waals surface area contributed by atoms with E-state index in [4.69, 9.17) is 18.9 Å². The van der Waals surface area contributed by atoms with Crippen molar-refractivity contribution in [3.05, 3.63) is 40.7 Å². The molecule has 0 aromatic heterocycles. The van der Waals surface area contributed by atoms with Crippen LogP contribution in [0.15, 0.2) is 24.0 Å². The third kappa shape index (κ3) is 5.18. The second-order valence-electron chi connectivity index (χ2n) is 13.1. The van der Waals surface area contributed by atoms with Crippen LogP contribution in [0.5, 0.6) is 5.75 Å². The van der Waals surface area contributed by atoms with Crippen LogP contribution in [0.25, 0.3) is 0 Å². The van der Waals surface area contributed by atoms with Gasteiger partial charge in [-0.2, -0.15) is 0 Å². The molecule has 5 rings (SSSR count). The topological polar surface area (TPSA) is 129 Å². The minimum Gasteiger partial charge on any atom is -0.481 e. The van der Waals surface area contributed by atoms with Gasteiger partial charge in [-0.1, -0.05) is 12.1 Å². The van der Waals surface area contributed by atoms with Crippen LogP contribution in [-0.2, 0) is 45.2 Å². The van der Waals surface area contributed by atoms with E-state index in [0.717, 1.165) is 29.0 Å². The van der Waals surface area contributed by atoms with Crippen molar-refractivity contribution in [3.8, 4) is 5.75 Å². The Labute approximate surface area is 246 Å². The van der Waals surface area contributed by atoms with Crippen molar-refractivity contribution in [1.29, 1.82) is 0 Å². The molecule has 1 aromatic carbocycles. The van der Waals surface area contributed by atoms with E-state index in [1.807, 2.05) is 20.0 Å². The number of benzene rings is 1. The molecule has 1 aromatic rings. The van der Waals surface area contributed by atoms with E-state index in [-0.39, 0.29) is 37.7 Å². The van der Waals surface area contributed by atoms with Crippen LogP contribution in [-0.4, -0.2) is 83.2 Å². The Morgan fingerprint density at radius 2 is 1.88 bits per heavy atom. The molecule has 2 bridgehead atoms. The van der Waals surface area contributed by atoms with E-state index in [9.17, 15) is 24.3 Å². The molecule has 2 aliphatic heterocycles. The maximum Gasteiger partial charge on any atom is 0.311 e. The Bertz CT molecular complexity index is 1340. The first-order valence-electron chi connectivity index (χ1n) is 14.6. The van der Waals surface area contributed by atoms with Gasteiger partial charge in [-0.15, -0.1) is 0 Å². The third-order valence-corrected chi connectivity index (χ3v) is 9.09. The van der Waals surface area contributed by atoms with Crippen LogP contribution in [0, 0.1) is 6.92 Å². The monoisotopic (exact) mass is 583 g/mol. The summed E-state index contributed by atoms with van der Waals surface area (Å²) in [5.74, 6) is -1.18. The number of carbonyl (C=O) groups excluding carboxylic acids is 4. The summed E-state index contributed by atoms with van der Waals surface area (Å²) in [6, 6.07) is 4.05. The second-order valence-corrected chi connectivity index (χ2v) is 13.1. The zero-order chi connectivity index (χ0) is 30.6. The van der Waals surface area contributed by atoms with Crippen molar-refractivity contribution in [1.82, 2.24) is 4.90 Å². The number of carbonyl (C=O) groups is 4. The van der Waals surface area contributed by atoms with Gasteiger partial charge in [0, 0.05) is 18.0 Å². The molecule has 2 heterocycles. The van der Waals surface area contributed by atoms with Gasteiger partial charge >= 0.3 is 11.9 Å². The number of ether oxygens (including phenoxy) is 4. The number of aryl methyl sites for hydroxylation is 1. The number of piperidine rings is 1. The molecular weight excluding hydrogens is 542 g/mol. The normalized spacial score (nSPS) is 28.2. The standard InChI is InChI=1S/C32H41NO9/c1-18-7-8-20-16-24-32(38)12-11-22(29-31(32,13-14-33(24)6)27(20)28(18)42-29)40-25(36)9-10-26(37)41-23(15-19(2)34)21(35)17-39-30(3,4)5/h7-8,11,23-24,29,38H,9-10,12-17H2,1-6H3/t23-,24+,29-,31-,32+/m0/s1. The molecule has 2 aliphatic carbocycles. The smallest absolute Gasteiger partial charge is 0.311 e. The maximum absolute atomic E-state index is 13.0. The van der Waals surface area contributed by atoms with E-state index in [1.54, 1.807) is 26.8 Å². The van der Waals surface area contributed by atoms with Crippen molar-refractivity contribution in [2.45, 2.75) is 108 Å². The molecule has 1 spiro atoms. The highest BCUT2D eigenvalue weighted by atomic mass is 16.6. The highest BCUT2D eigenvalue weighted by Crippen LogP contribution is 2.64. The number of likely N-dealkylation sites (N-methyl/N-ethyl adjacent to an activating group) is 1. The summed E-state index contributed by atoms with van der Waals surface area (Å²) < 4.78 is 23.1. The molecule has 0 amide bonds. The van der Waals surface area contributed by atoms with Crippen molar-refractivity contribution in [3.63, 3.8) is 0 Å². The summed E-state index contributed by atoms with van der Waals surface area (Å²) in [5, 5.41) is 12.2. The lowest BCUT2D eigenvalue weighted by Crippen LogP contribution is -2.74. The van der Waals surface area contributed by atoms with E-state index in [2.05, 4.69) is 11.0 Å². The Kier molecular flexibility index (Phi) is 7.87. The first kappa shape index (κ1) is 30.4. The number of ketones is 2. The van der Waals surface area contributed by atoms with Crippen LogP contribution in [0.2, 0.25) is 0 Å². The largest absolute Gasteiger partial charge is 0.481 e. The van der Waals surface area contributed by atoms with Crippen molar-refractivity contribution in [2.24, 2.45) is 0 Å². The number of Topliss-reactive ketones (excluding diaryl/α,β-unsaturated/α-hetero) is 2. The summed E-state index contributed by atoms with van der Waals surface area (Å²) in [4.78, 5) is 52.1. The Hall–Kier alpha value is -3.08. The highest BCUT2D eigenvalue weighted by Gasteiger charge is 2.71. The number of nitrogens with zero attached hydrogens (tertiary/aromatic N) is 1. The van der Waals surface area contributed by atoms with Crippen molar-refractivity contribution < 1.29 is 43.2 Å². The van der Waals surface area contributed by atoms with Gasteiger partial charge in [0.05, 0.1) is 35.9 Å². The first-order valence-corrected chi connectivity index (χ1v) is 14.6. The Morgan fingerprint density at radius 1 is 1.17 bits per heavy atom. The average molecular weight is 584 g/mol. The maximum atomic E-state index is 13.0. The van der Waals surface area contributed by atoms with E-state index >= 15 is 0 Å². The number of esters is 2. The lowest BCUT2D eigenvalue weighted by Gasteiger charge is -2.61. The quantitative estimate of drug-likeness (QED) is 0.411. The fourth-order valence-corrected chi connectivity index (χ4v) is 7.05. The Morgan fingerprint density at radius 3 is 2.57 bits per heavy atom. The van der Waals surface area contributed by atoms with Gasteiger partial charge in [-0.05, 0) is 78.3 Å². The fraction of sp³-hybridized carbons (Fsp3) is 0.625. The molecule has 10 nitrogen and oxygen atoms in total. The molecule has 1 fully saturated rings. The molecule has 10 heteroatoms. The van der Waals surface area contributed by atoms with Gasteiger partial charge in [0.1, 0.15) is 23.9 Å². The predicted octanol–water partition coefficient (Wildman–Crippen LogP) is 2.87. The van der Waals surface area contributed by atoms with Crippen LogP contribution >= 0.6 is 0 Å². The SMILES string of the molecule is CC(=O)C[C@H](OC(=O)CCC(=O)OC1=CC[C@@]2(O)[C@H]3Cc4ccc(C)c5c4[C@@]2(CCN3C)[C@H]1O5)C(=O)COC(C)(C)C. The van der Waals surface area contributed by atoms with Crippen molar-refractivity contribution in [2.75, 3.05) is 20.2 Å². The summed E-state index contributed by atoms with van der Waals surface area (Å²) in [7, 11) is 2.03. The molecule has 1 saturated heterocycles. The molecule has 4 aliphatic rings. The fourth-order valence-electron chi connectivity index (χ4n) is 7.05. The predicted molar refractivity (Wildman–Crippen MR) is 151 cm³/mol.